The largest absolute Gasteiger partial charge is 0.491 e. The lowest BCUT2D eigenvalue weighted by atomic mass is 10.2. The van der Waals surface area contributed by atoms with E-state index in [1.54, 1.807) is 7.11 Å². The number of para-hydroxylation sites is 1. The van der Waals surface area contributed by atoms with Crippen LogP contribution >= 0.6 is 12.4 Å². The second kappa shape index (κ2) is 11.5. The van der Waals surface area contributed by atoms with Crippen LogP contribution in [0.1, 0.15) is 5.56 Å². The maximum atomic E-state index is 11.4. The molecular formula is C14H23ClN2O3. The van der Waals surface area contributed by atoms with Gasteiger partial charge in [0.25, 0.3) is 0 Å². The third-order valence-corrected chi connectivity index (χ3v) is 2.54. The van der Waals surface area contributed by atoms with Crippen molar-refractivity contribution in [2.45, 2.75) is 6.92 Å². The topological polar surface area (TPSA) is 59.6 Å². The molecule has 0 fully saturated rings. The number of rotatable bonds is 9. The summed E-state index contributed by atoms with van der Waals surface area (Å²) in [5.41, 5.74) is 1.09. The van der Waals surface area contributed by atoms with E-state index in [2.05, 4.69) is 10.6 Å². The van der Waals surface area contributed by atoms with Gasteiger partial charge in [0.05, 0.1) is 19.7 Å². The minimum absolute atomic E-state index is 0. The number of nitrogens with one attached hydrogen (secondary N) is 2. The van der Waals surface area contributed by atoms with Gasteiger partial charge in [-0.15, -0.1) is 12.4 Å². The first-order valence-electron chi connectivity index (χ1n) is 6.39. The molecule has 0 saturated carbocycles. The first-order valence-corrected chi connectivity index (χ1v) is 6.39. The quantitative estimate of drug-likeness (QED) is 0.672. The molecule has 0 saturated heterocycles. The minimum Gasteiger partial charge on any atom is -0.491 e. The van der Waals surface area contributed by atoms with E-state index in [-0.39, 0.29) is 18.3 Å². The molecule has 1 amide bonds. The smallest absolute Gasteiger partial charge is 0.234 e. The number of hydrogen-bond acceptors (Lipinski definition) is 4. The van der Waals surface area contributed by atoms with Crippen molar-refractivity contribution in [2.24, 2.45) is 0 Å². The van der Waals surface area contributed by atoms with Crippen LogP contribution in [0.25, 0.3) is 0 Å². The van der Waals surface area contributed by atoms with Crippen LogP contribution in [-0.4, -0.2) is 45.9 Å². The van der Waals surface area contributed by atoms with Crippen molar-refractivity contribution in [3.63, 3.8) is 0 Å². The Morgan fingerprint density at radius 1 is 1.20 bits per heavy atom. The second-order valence-electron chi connectivity index (χ2n) is 4.13. The summed E-state index contributed by atoms with van der Waals surface area (Å²) in [7, 11) is 1.63. The standard InChI is InChI=1S/C14H22N2O3.ClH/c1-12-5-3-4-6-13(12)19-10-8-16-14(17)11-15-7-9-18-2;/h3-6,15H,7-11H2,1-2H3,(H,16,17);1H. The normalized spacial score (nSPS) is 9.70. The molecule has 20 heavy (non-hydrogen) atoms. The molecule has 2 N–H and O–H groups in total. The fourth-order valence-electron chi connectivity index (χ4n) is 1.51. The van der Waals surface area contributed by atoms with E-state index in [9.17, 15) is 4.79 Å². The van der Waals surface area contributed by atoms with Crippen LogP contribution in [0.3, 0.4) is 0 Å². The maximum absolute atomic E-state index is 11.4. The summed E-state index contributed by atoms with van der Waals surface area (Å²) >= 11 is 0. The molecule has 1 aromatic rings. The third-order valence-electron chi connectivity index (χ3n) is 2.54. The minimum atomic E-state index is -0.0375. The van der Waals surface area contributed by atoms with Gasteiger partial charge in [-0.25, -0.2) is 0 Å². The zero-order chi connectivity index (χ0) is 13.9. The van der Waals surface area contributed by atoms with Gasteiger partial charge < -0.3 is 20.1 Å². The summed E-state index contributed by atoms with van der Waals surface area (Å²) in [5.74, 6) is 0.819. The van der Waals surface area contributed by atoms with E-state index in [0.29, 0.717) is 32.8 Å². The van der Waals surface area contributed by atoms with Gasteiger partial charge in [-0.1, -0.05) is 18.2 Å². The second-order valence-corrected chi connectivity index (χ2v) is 4.13. The van der Waals surface area contributed by atoms with Crippen LogP contribution in [0.2, 0.25) is 0 Å². The summed E-state index contributed by atoms with van der Waals surface area (Å²) in [6.07, 6.45) is 0. The fraction of sp³-hybridized carbons (Fsp3) is 0.500. The number of carbonyl (C=O) groups is 1. The van der Waals surface area contributed by atoms with Crippen molar-refractivity contribution in [1.82, 2.24) is 10.6 Å². The van der Waals surface area contributed by atoms with Gasteiger partial charge >= 0.3 is 0 Å². The molecular weight excluding hydrogens is 280 g/mol. The van der Waals surface area contributed by atoms with E-state index in [0.717, 1.165) is 11.3 Å². The lowest BCUT2D eigenvalue weighted by Crippen LogP contribution is -2.37. The highest BCUT2D eigenvalue weighted by atomic mass is 35.5. The van der Waals surface area contributed by atoms with Crippen molar-refractivity contribution < 1.29 is 14.3 Å². The molecule has 0 unspecified atom stereocenters. The number of aryl methyl sites for hydroxylation is 1. The van der Waals surface area contributed by atoms with E-state index in [1.807, 2.05) is 31.2 Å². The summed E-state index contributed by atoms with van der Waals surface area (Å²) in [4.78, 5) is 11.4. The van der Waals surface area contributed by atoms with Gasteiger partial charge in [0.2, 0.25) is 5.91 Å². The number of ether oxygens (including phenoxy) is 2. The maximum Gasteiger partial charge on any atom is 0.234 e. The van der Waals surface area contributed by atoms with Gasteiger partial charge in [0, 0.05) is 13.7 Å². The molecule has 6 heteroatoms. The molecule has 0 spiro atoms. The molecule has 114 valence electrons. The zero-order valence-electron chi connectivity index (χ0n) is 12.0. The first-order chi connectivity index (χ1) is 9.24. The number of carbonyl (C=O) groups excluding carboxylic acids is 1. The fourth-order valence-corrected chi connectivity index (χ4v) is 1.51. The van der Waals surface area contributed by atoms with Crippen LogP contribution in [-0.2, 0) is 9.53 Å². The van der Waals surface area contributed by atoms with Gasteiger partial charge in [-0.3, -0.25) is 4.79 Å². The summed E-state index contributed by atoms with van der Waals surface area (Å²) in [5, 5.41) is 5.76. The highest BCUT2D eigenvalue weighted by Gasteiger charge is 2.00. The van der Waals surface area contributed by atoms with Crippen molar-refractivity contribution in [3.8, 4) is 5.75 Å². The van der Waals surface area contributed by atoms with Crippen molar-refractivity contribution in [2.75, 3.05) is 40.0 Å². The van der Waals surface area contributed by atoms with Gasteiger partial charge in [-0.05, 0) is 18.6 Å². The number of amides is 1. The molecule has 5 nitrogen and oxygen atoms in total. The highest BCUT2D eigenvalue weighted by Crippen LogP contribution is 2.15. The average Bonchev–Trinajstić information content (AvgIpc) is 2.41. The lowest BCUT2D eigenvalue weighted by molar-refractivity contribution is -0.120. The van der Waals surface area contributed by atoms with Crippen LogP contribution in [0.4, 0.5) is 0 Å². The van der Waals surface area contributed by atoms with E-state index in [4.69, 9.17) is 9.47 Å². The summed E-state index contributed by atoms with van der Waals surface area (Å²) < 4.78 is 10.4. The van der Waals surface area contributed by atoms with E-state index in [1.165, 1.54) is 0 Å². The molecule has 0 aliphatic carbocycles. The van der Waals surface area contributed by atoms with E-state index < -0.39 is 0 Å². The van der Waals surface area contributed by atoms with Crippen LogP contribution < -0.4 is 15.4 Å². The third kappa shape index (κ3) is 7.99. The predicted octanol–water partition coefficient (Wildman–Crippen LogP) is 1.15. The van der Waals surface area contributed by atoms with Gasteiger partial charge in [0.1, 0.15) is 12.4 Å². The van der Waals surface area contributed by atoms with Crippen molar-refractivity contribution >= 4 is 18.3 Å². The molecule has 0 atom stereocenters. The Labute approximate surface area is 126 Å². The molecule has 1 aromatic carbocycles. The molecule has 0 heterocycles. The monoisotopic (exact) mass is 302 g/mol. The molecule has 0 aliphatic rings. The number of hydrogen-bond donors (Lipinski definition) is 2. The van der Waals surface area contributed by atoms with Crippen LogP contribution in [0, 0.1) is 6.92 Å². The highest BCUT2D eigenvalue weighted by molar-refractivity contribution is 5.85. The van der Waals surface area contributed by atoms with Crippen LogP contribution in [0.15, 0.2) is 24.3 Å². The molecule has 0 aliphatic heterocycles. The Morgan fingerprint density at radius 2 is 1.95 bits per heavy atom. The number of methoxy groups -OCH3 is 1. The molecule has 1 rings (SSSR count). The Hall–Kier alpha value is -1.30. The first kappa shape index (κ1) is 18.7. The summed E-state index contributed by atoms with van der Waals surface area (Å²) in [6, 6.07) is 7.81. The van der Waals surface area contributed by atoms with Crippen LogP contribution in [0.5, 0.6) is 5.75 Å². The zero-order valence-corrected chi connectivity index (χ0v) is 12.8. The number of benzene rings is 1. The molecule has 0 bridgehead atoms. The lowest BCUT2D eigenvalue weighted by Gasteiger charge is -2.10. The van der Waals surface area contributed by atoms with Gasteiger partial charge in [-0.2, -0.15) is 0 Å². The van der Waals surface area contributed by atoms with Crippen molar-refractivity contribution in [1.29, 1.82) is 0 Å². The molecule has 0 radical (unpaired) electrons. The Balaban J connectivity index is 0.00000361. The van der Waals surface area contributed by atoms with Gasteiger partial charge in [0.15, 0.2) is 0 Å². The Bertz CT molecular complexity index is 388. The molecule has 0 aromatic heterocycles. The Morgan fingerprint density at radius 3 is 2.65 bits per heavy atom. The van der Waals surface area contributed by atoms with E-state index >= 15 is 0 Å². The van der Waals surface area contributed by atoms with Crippen molar-refractivity contribution in [3.05, 3.63) is 29.8 Å². The Kier molecular flexibility index (Phi) is 10.8. The SMILES string of the molecule is COCCNCC(=O)NCCOc1ccccc1C.Cl. The predicted molar refractivity (Wildman–Crippen MR) is 81.7 cm³/mol. The average molecular weight is 303 g/mol. The number of halogens is 1. The summed E-state index contributed by atoms with van der Waals surface area (Å²) in [6.45, 7) is 4.53.